The molecule has 3 fully saturated rings. The second-order valence-electron chi connectivity index (χ2n) is 23.9. The molecule has 0 radical (unpaired) electrons. The maximum absolute atomic E-state index is 18.2. The molecule has 74 heavy (non-hydrogen) atoms. The van der Waals surface area contributed by atoms with Crippen LogP contribution in [0.25, 0.3) is 33.3 Å². The van der Waals surface area contributed by atoms with E-state index in [1.54, 1.807) is 40.0 Å². The van der Waals surface area contributed by atoms with Gasteiger partial charge in [0.15, 0.2) is 0 Å². The summed E-state index contributed by atoms with van der Waals surface area (Å²) in [5.41, 5.74) is 8.60. The molecule has 15 nitrogen and oxygen atoms in total. The quantitative estimate of drug-likeness (QED) is 0.0657. The number of fused-ring (bicyclic) bond motifs is 2. The molecule has 0 unspecified atom stereocenters. The average Bonchev–Trinajstić information content (AvgIpc) is 4.07. The van der Waals surface area contributed by atoms with Crippen molar-refractivity contribution in [3.63, 3.8) is 0 Å². The van der Waals surface area contributed by atoms with Crippen LogP contribution in [0.3, 0.4) is 0 Å². The third-order valence-electron chi connectivity index (χ3n) is 15.8. The molecule has 7 rings (SSSR count). The van der Waals surface area contributed by atoms with Crippen LogP contribution in [-0.4, -0.2) is 127 Å². The van der Waals surface area contributed by atoms with Gasteiger partial charge in [-0.15, -0.1) is 0 Å². The van der Waals surface area contributed by atoms with E-state index in [0.29, 0.717) is 30.7 Å². The minimum atomic E-state index is -2.67. The molecule has 17 heteroatoms. The Balaban J connectivity index is 1.45. The van der Waals surface area contributed by atoms with Crippen LogP contribution in [-0.2, 0) is 38.4 Å². The van der Waals surface area contributed by atoms with Crippen molar-refractivity contribution < 1.29 is 42.9 Å². The number of aliphatic hydroxyl groups excluding tert-OH is 1. The highest BCUT2D eigenvalue weighted by Gasteiger charge is 2.53. The van der Waals surface area contributed by atoms with E-state index >= 15 is 4.39 Å². The molecule has 2 saturated heterocycles. The van der Waals surface area contributed by atoms with Gasteiger partial charge in [-0.05, 0) is 135 Å². The molecule has 1 saturated carbocycles. The van der Waals surface area contributed by atoms with Gasteiger partial charge in [0, 0.05) is 81.4 Å². The fourth-order valence-corrected chi connectivity index (χ4v) is 17.0. The van der Waals surface area contributed by atoms with Crippen molar-refractivity contribution in [3.05, 3.63) is 65.2 Å². The summed E-state index contributed by atoms with van der Waals surface area (Å²) in [6.07, 6.45) is 1.60. The summed E-state index contributed by atoms with van der Waals surface area (Å²) in [6, 6.07) is 9.36. The largest absolute Gasteiger partial charge is 0.543 e. The number of aryl methyl sites for hydroxylation is 1. The number of methoxy groups -OCH3 is 1. The third kappa shape index (κ3) is 11.8. The lowest BCUT2D eigenvalue weighted by atomic mass is 9.84. The van der Waals surface area contributed by atoms with Crippen LogP contribution >= 0.6 is 0 Å². The number of aromatic nitrogens is 2. The van der Waals surface area contributed by atoms with E-state index in [4.69, 9.17) is 18.9 Å². The summed E-state index contributed by atoms with van der Waals surface area (Å²) in [4.78, 5) is 50.4. The zero-order valence-corrected chi connectivity index (χ0v) is 47.7. The Morgan fingerprint density at radius 1 is 0.946 bits per heavy atom. The molecule has 1 aliphatic carbocycles. The van der Waals surface area contributed by atoms with E-state index < -0.39 is 55.2 Å². The number of piperazine rings is 1. The molecule has 4 aromatic rings. The molecule has 2 aliphatic heterocycles. The average molecular weight is 1040 g/mol. The number of nitrogens with one attached hydrogen (secondary N) is 2. The number of halogens is 1. The molecule has 2 amide bonds. The maximum atomic E-state index is 18.2. The molecule has 2 aromatic carbocycles. The number of carboxylic acid groups (broad SMARTS) is 1. The number of carbonyl (C=O) groups excluding carboxylic acids is 2. The number of hydrazine groups is 1. The number of pyridine rings is 1. The topological polar surface area (TPSA) is 171 Å². The van der Waals surface area contributed by atoms with Gasteiger partial charge in [0.05, 0.1) is 29.4 Å². The number of anilines is 1. The first-order chi connectivity index (χ1) is 34.7. The second kappa shape index (κ2) is 22.3. The summed E-state index contributed by atoms with van der Waals surface area (Å²) in [7, 11) is 1.16. The van der Waals surface area contributed by atoms with Gasteiger partial charge in [0.1, 0.15) is 29.3 Å². The van der Waals surface area contributed by atoms with Gasteiger partial charge in [-0.25, -0.2) is 14.6 Å². The number of alkyl carbamates (subject to hydrolysis) is 1. The lowest BCUT2D eigenvalue weighted by Gasteiger charge is -2.42. The SMILES string of the molecule is CCn1c(-c2cc(N3CCN(C)CC3)cnc2[C@H](C)OC)c(CC(C)(C)CO)c2cc(-c3cc(O[Si](C(C)C)(C(C)C)C(C)C)cc(C[C@H](NC(=O)OC(C)(C)C)C(=O)N4C[C@@H]5C[C@@H]5[C@@H](C(=O)O)N4)c3F)ccc21. The van der Waals surface area contributed by atoms with Crippen LogP contribution < -0.4 is 20.1 Å². The van der Waals surface area contributed by atoms with Crippen LogP contribution in [0, 0.1) is 23.1 Å². The molecule has 3 aliphatic rings. The van der Waals surface area contributed by atoms with E-state index in [9.17, 15) is 24.6 Å². The number of likely N-dealkylation sites (N-methyl/N-ethyl adjacent to an activating group) is 1. The number of aliphatic hydroxyl groups is 1. The third-order valence-corrected chi connectivity index (χ3v) is 21.8. The first-order valence-electron chi connectivity index (χ1n) is 26.8. The normalized spacial score (nSPS) is 19.5. The van der Waals surface area contributed by atoms with Crippen molar-refractivity contribution >= 4 is 42.9 Å². The number of rotatable bonds is 19. The number of hydrogen-bond acceptors (Lipinski definition) is 11. The lowest BCUT2D eigenvalue weighted by Crippen LogP contribution is -2.61. The number of nitrogens with zero attached hydrogens (tertiary/aromatic N) is 5. The van der Waals surface area contributed by atoms with Crippen LogP contribution in [0.2, 0.25) is 16.6 Å². The molecular weight excluding hydrogens is 958 g/mol. The van der Waals surface area contributed by atoms with E-state index in [2.05, 4.69) is 86.7 Å². The van der Waals surface area contributed by atoms with Crippen LogP contribution in [0.1, 0.15) is 119 Å². The van der Waals surface area contributed by atoms with E-state index in [1.807, 2.05) is 45.2 Å². The molecular formula is C57H84FN7O8Si. The Bertz CT molecular complexity index is 2670. The van der Waals surface area contributed by atoms with E-state index in [1.165, 1.54) is 5.01 Å². The van der Waals surface area contributed by atoms with Gasteiger partial charge in [0.2, 0.25) is 0 Å². The predicted octanol–water partition coefficient (Wildman–Crippen LogP) is 9.98. The number of benzene rings is 2. The molecule has 5 atom stereocenters. The Labute approximate surface area is 439 Å². The second-order valence-corrected chi connectivity index (χ2v) is 29.3. The summed E-state index contributed by atoms with van der Waals surface area (Å²) in [6.45, 7) is 30.8. The predicted molar refractivity (Wildman–Crippen MR) is 292 cm³/mol. The van der Waals surface area contributed by atoms with Crippen molar-refractivity contribution in [2.24, 2.45) is 17.3 Å². The summed E-state index contributed by atoms with van der Waals surface area (Å²) >= 11 is 0. The number of ether oxygens (including phenoxy) is 2. The van der Waals surface area contributed by atoms with Gasteiger partial charge in [-0.2, -0.15) is 0 Å². The number of hydrogen-bond donors (Lipinski definition) is 4. The standard InChI is InChI=1S/C57H84FN7O8Si/c1-16-64-48-18-17-37(24-44(48)46(29-57(12,13)32-66)52(64)45-27-40(30-59-50(45)36(8)71-15)63-21-19-62(14)20-22-63)42-28-41(73-74(33(2)3,34(4)5)35(6)7)23-38(49(42)58)26-47(60-55(70)72-56(9,10)11)53(67)65-31-39-25-43(39)51(61-65)54(68)69/h17-18,23-24,27-28,30,33-36,39,43,47,51,61,66H,16,19-22,25-26,29,31-32H2,1-15H3,(H,60,70)(H,68,69)/t36-,39-,43-,47-,51-/m0/s1. The van der Waals surface area contributed by atoms with Crippen molar-refractivity contribution in [1.29, 1.82) is 0 Å². The number of carbonyl (C=O) groups is 3. The summed E-state index contributed by atoms with van der Waals surface area (Å²) in [5, 5.41) is 25.9. The molecule has 0 spiro atoms. The Morgan fingerprint density at radius 3 is 2.19 bits per heavy atom. The van der Waals surface area contributed by atoms with Crippen molar-refractivity contribution in [2.75, 3.05) is 58.4 Å². The van der Waals surface area contributed by atoms with Crippen molar-refractivity contribution in [2.45, 2.75) is 156 Å². The minimum absolute atomic E-state index is 0.0114. The van der Waals surface area contributed by atoms with E-state index in [-0.39, 0.29) is 65.3 Å². The number of amides is 2. The number of carboxylic acids is 1. The van der Waals surface area contributed by atoms with Gasteiger partial charge in [-0.1, -0.05) is 61.5 Å². The Morgan fingerprint density at radius 2 is 1.61 bits per heavy atom. The number of aliphatic carboxylic acids is 1. The van der Waals surface area contributed by atoms with Crippen LogP contribution in [0.4, 0.5) is 14.9 Å². The Hall–Kier alpha value is -5.07. The summed E-state index contributed by atoms with van der Waals surface area (Å²) in [5.74, 6) is -1.91. The van der Waals surface area contributed by atoms with Gasteiger partial charge in [-0.3, -0.25) is 19.6 Å². The van der Waals surface area contributed by atoms with Gasteiger partial charge >= 0.3 is 12.1 Å². The molecule has 0 bridgehead atoms. The fraction of sp³-hybridized carbons (Fsp3) is 0.614. The highest BCUT2D eigenvalue weighted by molar-refractivity contribution is 6.78. The summed E-state index contributed by atoms with van der Waals surface area (Å²) < 4.78 is 39.4. The van der Waals surface area contributed by atoms with Gasteiger partial charge in [0.25, 0.3) is 14.2 Å². The molecule has 4 heterocycles. The maximum Gasteiger partial charge on any atom is 0.408 e. The van der Waals surface area contributed by atoms with Gasteiger partial charge < -0.3 is 43.8 Å². The smallest absolute Gasteiger partial charge is 0.408 e. The zero-order chi connectivity index (χ0) is 54.4. The monoisotopic (exact) mass is 1040 g/mol. The van der Waals surface area contributed by atoms with Crippen LogP contribution in [0.5, 0.6) is 5.75 Å². The molecule has 2 aromatic heterocycles. The minimum Gasteiger partial charge on any atom is -0.543 e. The molecule has 406 valence electrons. The first-order valence-corrected chi connectivity index (χ1v) is 28.9. The highest BCUT2D eigenvalue weighted by atomic mass is 28.4. The molecule has 4 N–H and O–H groups in total. The lowest BCUT2D eigenvalue weighted by molar-refractivity contribution is -0.148. The van der Waals surface area contributed by atoms with Crippen molar-refractivity contribution in [3.8, 4) is 28.1 Å². The van der Waals surface area contributed by atoms with Crippen molar-refractivity contribution in [1.82, 2.24) is 30.2 Å². The fourth-order valence-electron chi connectivity index (χ4n) is 11.8. The van der Waals surface area contributed by atoms with Crippen LogP contribution in [0.15, 0.2) is 42.6 Å². The highest BCUT2D eigenvalue weighted by Crippen LogP contribution is 2.47. The first kappa shape index (κ1) is 56.6. The zero-order valence-electron chi connectivity index (χ0n) is 46.7. The van der Waals surface area contributed by atoms with E-state index in [0.717, 1.165) is 65.3 Å². The Kier molecular flexibility index (Phi) is 17.0.